The van der Waals surface area contributed by atoms with Gasteiger partial charge in [0.1, 0.15) is 11.5 Å². The lowest BCUT2D eigenvalue weighted by atomic mass is 9.98. The Morgan fingerprint density at radius 3 is 2.16 bits per heavy atom. The summed E-state index contributed by atoms with van der Waals surface area (Å²) in [5, 5.41) is 0. The highest BCUT2D eigenvalue weighted by Gasteiger charge is 2.10. The molecule has 0 aliphatic rings. The van der Waals surface area contributed by atoms with Crippen LogP contribution >= 0.6 is 0 Å². The van der Waals surface area contributed by atoms with Crippen molar-refractivity contribution in [2.45, 2.75) is 33.6 Å². The summed E-state index contributed by atoms with van der Waals surface area (Å²) in [5.74, 6) is 0.338. The van der Waals surface area contributed by atoms with Crippen molar-refractivity contribution < 1.29 is 19.1 Å². The van der Waals surface area contributed by atoms with Crippen molar-refractivity contribution in [1.82, 2.24) is 0 Å². The average Bonchev–Trinajstić information content (AvgIpc) is 2.62. The Labute approximate surface area is 148 Å². The molecule has 0 radical (unpaired) electrons. The van der Waals surface area contributed by atoms with Gasteiger partial charge < -0.3 is 9.47 Å². The molecule has 0 saturated heterocycles. The zero-order chi connectivity index (χ0) is 18.4. The van der Waals surface area contributed by atoms with Crippen LogP contribution in [0.15, 0.2) is 54.6 Å². The summed E-state index contributed by atoms with van der Waals surface area (Å²) in [6.45, 7) is 8.98. The summed E-state index contributed by atoms with van der Waals surface area (Å²) in [6.07, 6.45) is 1.15. The smallest absolute Gasteiger partial charge is 0.338 e. The fourth-order valence-electron chi connectivity index (χ4n) is 2.31. The third-order valence-electron chi connectivity index (χ3n) is 3.70. The first kappa shape index (κ1) is 18.5. The van der Waals surface area contributed by atoms with Crippen LogP contribution in [0, 0.1) is 0 Å². The summed E-state index contributed by atoms with van der Waals surface area (Å²) in [7, 11) is 0. The Kier molecular flexibility index (Phi) is 6.12. The number of ether oxygens (including phenoxy) is 2. The topological polar surface area (TPSA) is 52.6 Å². The highest BCUT2D eigenvalue weighted by molar-refractivity contribution is 5.88. The second kappa shape index (κ2) is 8.29. The molecule has 2 aromatic carbocycles. The lowest BCUT2D eigenvalue weighted by Crippen LogP contribution is -2.08. The van der Waals surface area contributed by atoms with Crippen LogP contribution in [0.2, 0.25) is 0 Å². The van der Waals surface area contributed by atoms with Crippen LogP contribution in [-0.2, 0) is 16.0 Å². The third-order valence-corrected chi connectivity index (χ3v) is 3.70. The van der Waals surface area contributed by atoms with Crippen LogP contribution in [-0.4, -0.2) is 11.9 Å². The predicted molar refractivity (Wildman–Crippen MR) is 97.6 cm³/mol. The minimum absolute atomic E-state index is 0.251. The molecule has 0 bridgehead atoms. The largest absolute Gasteiger partial charge is 0.427 e. The molecule has 0 aliphatic carbocycles. The normalized spacial score (nSPS) is 10.2. The Hall–Kier alpha value is -2.88. The standard InChI is InChI=1S/C21H22O4/c1-5-15-13-18(24-20(22)6-2)11-12-19(15)16-7-9-17(10-8-16)25-21(23)14(3)4/h7-13H,3,5-6H2,1-2,4H3. The van der Waals surface area contributed by atoms with Crippen LogP contribution in [0.3, 0.4) is 0 Å². The fraction of sp³-hybridized carbons (Fsp3) is 0.238. The summed E-state index contributed by atoms with van der Waals surface area (Å²) in [4.78, 5) is 23.0. The van der Waals surface area contributed by atoms with Crippen LogP contribution in [0.4, 0.5) is 0 Å². The van der Waals surface area contributed by atoms with E-state index in [1.807, 2.05) is 31.2 Å². The van der Waals surface area contributed by atoms with E-state index >= 15 is 0 Å². The van der Waals surface area contributed by atoms with E-state index in [0.29, 0.717) is 23.5 Å². The Bertz CT molecular complexity index is 788. The van der Waals surface area contributed by atoms with Gasteiger partial charge in [0.15, 0.2) is 0 Å². The number of benzene rings is 2. The average molecular weight is 338 g/mol. The van der Waals surface area contributed by atoms with E-state index < -0.39 is 5.97 Å². The van der Waals surface area contributed by atoms with Crippen LogP contribution < -0.4 is 9.47 Å². The van der Waals surface area contributed by atoms with E-state index in [0.717, 1.165) is 23.1 Å². The van der Waals surface area contributed by atoms with Crippen molar-refractivity contribution in [2.24, 2.45) is 0 Å². The first-order valence-electron chi connectivity index (χ1n) is 8.26. The molecule has 2 rings (SSSR count). The van der Waals surface area contributed by atoms with E-state index in [1.54, 1.807) is 32.0 Å². The number of rotatable bonds is 6. The molecule has 0 spiro atoms. The van der Waals surface area contributed by atoms with Crippen LogP contribution in [0.5, 0.6) is 11.5 Å². The van der Waals surface area contributed by atoms with Gasteiger partial charge in [-0.05, 0) is 54.3 Å². The van der Waals surface area contributed by atoms with Crippen molar-refractivity contribution in [2.75, 3.05) is 0 Å². The van der Waals surface area contributed by atoms with Crippen molar-refractivity contribution in [3.05, 3.63) is 60.2 Å². The molecule has 0 fully saturated rings. The summed E-state index contributed by atoms with van der Waals surface area (Å²) in [6, 6.07) is 12.9. The third kappa shape index (κ3) is 4.80. The van der Waals surface area contributed by atoms with Gasteiger partial charge in [-0.15, -0.1) is 0 Å². The molecular formula is C21H22O4. The first-order valence-corrected chi connectivity index (χ1v) is 8.26. The lowest BCUT2D eigenvalue weighted by Gasteiger charge is -2.12. The highest BCUT2D eigenvalue weighted by Crippen LogP contribution is 2.29. The lowest BCUT2D eigenvalue weighted by molar-refractivity contribution is -0.134. The molecular weight excluding hydrogens is 316 g/mol. The minimum atomic E-state index is -0.441. The quantitative estimate of drug-likeness (QED) is 0.435. The van der Waals surface area contributed by atoms with Gasteiger partial charge in [0.25, 0.3) is 0 Å². The number of carbonyl (C=O) groups excluding carboxylic acids is 2. The van der Waals surface area contributed by atoms with Crippen molar-refractivity contribution in [3.63, 3.8) is 0 Å². The summed E-state index contributed by atoms with van der Waals surface area (Å²) < 4.78 is 10.5. The summed E-state index contributed by atoms with van der Waals surface area (Å²) >= 11 is 0. The van der Waals surface area contributed by atoms with Gasteiger partial charge in [0.05, 0.1) is 0 Å². The monoisotopic (exact) mass is 338 g/mol. The molecule has 0 heterocycles. The molecule has 4 nitrogen and oxygen atoms in total. The zero-order valence-electron chi connectivity index (χ0n) is 14.8. The number of carbonyl (C=O) groups is 2. The highest BCUT2D eigenvalue weighted by atomic mass is 16.5. The van der Waals surface area contributed by atoms with Gasteiger partial charge in [-0.3, -0.25) is 4.79 Å². The molecule has 4 heteroatoms. The van der Waals surface area contributed by atoms with Crippen molar-refractivity contribution >= 4 is 11.9 Å². The Balaban J connectivity index is 2.24. The molecule has 0 unspecified atom stereocenters. The number of hydrogen-bond donors (Lipinski definition) is 0. The molecule has 0 aromatic heterocycles. The van der Waals surface area contributed by atoms with Crippen LogP contribution in [0.25, 0.3) is 11.1 Å². The van der Waals surface area contributed by atoms with E-state index in [4.69, 9.17) is 9.47 Å². The van der Waals surface area contributed by atoms with Crippen LogP contribution in [0.1, 0.15) is 32.8 Å². The van der Waals surface area contributed by atoms with E-state index in [2.05, 4.69) is 6.58 Å². The molecule has 25 heavy (non-hydrogen) atoms. The van der Waals surface area contributed by atoms with E-state index in [1.165, 1.54) is 0 Å². The molecule has 0 aliphatic heterocycles. The molecule has 0 saturated carbocycles. The molecule has 0 atom stereocenters. The SMILES string of the molecule is C=C(C)C(=O)Oc1ccc(-c2ccc(OC(=O)CC)cc2CC)cc1. The maximum atomic E-state index is 11.6. The second-order valence-electron chi connectivity index (χ2n) is 5.69. The molecule has 0 N–H and O–H groups in total. The Morgan fingerprint density at radius 1 is 0.960 bits per heavy atom. The van der Waals surface area contributed by atoms with Gasteiger partial charge in [0, 0.05) is 12.0 Å². The van der Waals surface area contributed by atoms with Gasteiger partial charge in [-0.25, -0.2) is 4.79 Å². The van der Waals surface area contributed by atoms with Gasteiger partial charge in [0.2, 0.25) is 0 Å². The van der Waals surface area contributed by atoms with Gasteiger partial charge >= 0.3 is 11.9 Å². The van der Waals surface area contributed by atoms with Gasteiger partial charge in [-0.2, -0.15) is 0 Å². The fourth-order valence-corrected chi connectivity index (χ4v) is 2.31. The zero-order valence-corrected chi connectivity index (χ0v) is 14.8. The van der Waals surface area contributed by atoms with Crippen molar-refractivity contribution in [3.8, 4) is 22.6 Å². The molecule has 2 aromatic rings. The first-order chi connectivity index (χ1) is 11.9. The van der Waals surface area contributed by atoms with Gasteiger partial charge in [-0.1, -0.05) is 38.6 Å². The molecule has 130 valence electrons. The maximum Gasteiger partial charge on any atom is 0.338 e. The number of aryl methyl sites for hydroxylation is 1. The maximum absolute atomic E-state index is 11.6. The number of hydrogen-bond acceptors (Lipinski definition) is 4. The predicted octanol–water partition coefficient (Wildman–Crippen LogP) is 4.71. The Morgan fingerprint density at radius 2 is 1.60 bits per heavy atom. The van der Waals surface area contributed by atoms with E-state index in [9.17, 15) is 9.59 Å². The molecule has 0 amide bonds. The van der Waals surface area contributed by atoms with Crippen molar-refractivity contribution in [1.29, 1.82) is 0 Å². The minimum Gasteiger partial charge on any atom is -0.427 e. The summed E-state index contributed by atoms with van der Waals surface area (Å²) in [5.41, 5.74) is 3.49. The number of esters is 2. The van der Waals surface area contributed by atoms with E-state index in [-0.39, 0.29) is 5.97 Å². The second-order valence-corrected chi connectivity index (χ2v) is 5.69.